The van der Waals surface area contributed by atoms with Crippen molar-refractivity contribution >= 4 is 28.6 Å². The summed E-state index contributed by atoms with van der Waals surface area (Å²) >= 11 is 0. The van der Waals surface area contributed by atoms with Gasteiger partial charge < -0.3 is 20.7 Å². The maximum Gasteiger partial charge on any atom is 0.196 e. The first-order chi connectivity index (χ1) is 14.5. The molecule has 0 atom stereocenters. The molecular formula is C25H27N3O3. The van der Waals surface area contributed by atoms with Gasteiger partial charge in [0.25, 0.3) is 0 Å². The predicted octanol–water partition coefficient (Wildman–Crippen LogP) is 4.36. The summed E-state index contributed by atoms with van der Waals surface area (Å²) in [5.74, 6) is -0.119. The van der Waals surface area contributed by atoms with Gasteiger partial charge in [-0.1, -0.05) is 49.9 Å². The zero-order valence-corrected chi connectivity index (χ0v) is 16.9. The molecule has 0 aliphatic heterocycles. The Labute approximate surface area is 182 Å². The van der Waals surface area contributed by atoms with Crippen LogP contribution < -0.4 is 15.8 Å². The van der Waals surface area contributed by atoms with E-state index in [0.29, 0.717) is 35.7 Å². The highest BCUT2D eigenvalue weighted by molar-refractivity contribution is 6.32. The molecule has 4 rings (SSSR count). The fourth-order valence-corrected chi connectivity index (χ4v) is 3.53. The van der Waals surface area contributed by atoms with Crippen molar-refractivity contribution in [1.29, 1.82) is 0 Å². The second kappa shape index (κ2) is 9.02. The van der Waals surface area contributed by atoms with E-state index in [1.54, 1.807) is 30.3 Å². The predicted molar refractivity (Wildman–Crippen MR) is 125 cm³/mol. The molecule has 0 unspecified atom stereocenters. The number of hydrogen-bond acceptors (Lipinski definition) is 6. The summed E-state index contributed by atoms with van der Waals surface area (Å²) in [4.78, 5) is 28.6. The number of nitrogen functional groups attached to an aromatic ring is 1. The van der Waals surface area contributed by atoms with Crippen LogP contribution in [0.4, 0.5) is 17.1 Å². The summed E-state index contributed by atoms with van der Waals surface area (Å²) in [6, 6.07) is 18.0. The monoisotopic (exact) mass is 417 g/mol. The van der Waals surface area contributed by atoms with E-state index in [0.717, 1.165) is 5.69 Å². The molecule has 6 nitrogen and oxygen atoms in total. The van der Waals surface area contributed by atoms with Gasteiger partial charge in [-0.2, -0.15) is 0 Å². The third-order valence-corrected chi connectivity index (χ3v) is 5.05. The summed E-state index contributed by atoms with van der Waals surface area (Å²) in [5.41, 5.74) is 9.05. The Bertz CT molecular complexity index is 1120. The minimum Gasteiger partial charge on any atom is -0.490 e. The molecule has 0 bridgehead atoms. The number of para-hydroxylation sites is 1. The molecular weight excluding hydrogens is 390 g/mol. The van der Waals surface area contributed by atoms with Crippen LogP contribution in [0, 0.1) is 0 Å². The number of benzene rings is 3. The van der Waals surface area contributed by atoms with Gasteiger partial charge in [-0.3, -0.25) is 9.59 Å². The average molecular weight is 418 g/mol. The van der Waals surface area contributed by atoms with Crippen LogP contribution in [0.2, 0.25) is 0 Å². The molecule has 160 valence electrons. The number of fused-ring (bicyclic) bond motifs is 2. The lowest BCUT2D eigenvalue weighted by atomic mass is 9.82. The Kier molecular flexibility index (Phi) is 6.42. The normalized spacial score (nSPS) is 12.1. The van der Waals surface area contributed by atoms with E-state index in [4.69, 9.17) is 10.5 Å². The number of rotatable bonds is 6. The van der Waals surface area contributed by atoms with Crippen LogP contribution in [-0.4, -0.2) is 43.7 Å². The van der Waals surface area contributed by atoms with E-state index < -0.39 is 0 Å². The van der Waals surface area contributed by atoms with E-state index in [-0.39, 0.29) is 35.8 Å². The SMILES string of the molecule is C.CN(C)CCOc1cc(Nc2ccccc2)c2c(c1N)C(=O)c1ccccc1C2=O. The van der Waals surface area contributed by atoms with Gasteiger partial charge in [0, 0.05) is 29.4 Å². The zero-order chi connectivity index (χ0) is 21.3. The van der Waals surface area contributed by atoms with Crippen LogP contribution in [0.5, 0.6) is 5.75 Å². The summed E-state index contributed by atoms with van der Waals surface area (Å²) in [6.07, 6.45) is 0. The van der Waals surface area contributed by atoms with Crippen molar-refractivity contribution in [3.8, 4) is 5.75 Å². The molecule has 6 heteroatoms. The fourth-order valence-electron chi connectivity index (χ4n) is 3.53. The Morgan fingerprint density at radius 2 is 1.48 bits per heavy atom. The standard InChI is InChI=1S/C24H23N3O3.CH4/c1-27(2)12-13-30-19-14-18(26-15-8-4-3-5-9-15)20-21(22(19)25)24(29)17-11-7-6-10-16(17)23(20)28;/h3-11,14,26H,12-13,25H2,1-2H3;1H4. The maximum atomic E-state index is 13.3. The number of hydrogen-bond donors (Lipinski definition) is 2. The van der Waals surface area contributed by atoms with Crippen molar-refractivity contribution in [3.05, 3.63) is 82.9 Å². The molecule has 0 spiro atoms. The first-order valence-electron chi connectivity index (χ1n) is 9.72. The van der Waals surface area contributed by atoms with Crippen molar-refractivity contribution in [1.82, 2.24) is 4.90 Å². The number of nitrogens with one attached hydrogen (secondary N) is 1. The van der Waals surface area contributed by atoms with E-state index in [1.807, 2.05) is 49.3 Å². The van der Waals surface area contributed by atoms with Crippen LogP contribution in [0.15, 0.2) is 60.7 Å². The zero-order valence-electron chi connectivity index (χ0n) is 16.9. The first kappa shape index (κ1) is 22.1. The molecule has 0 fully saturated rings. The highest BCUT2D eigenvalue weighted by atomic mass is 16.5. The average Bonchev–Trinajstić information content (AvgIpc) is 2.74. The Morgan fingerprint density at radius 1 is 0.903 bits per heavy atom. The van der Waals surface area contributed by atoms with Crippen LogP contribution >= 0.6 is 0 Å². The smallest absolute Gasteiger partial charge is 0.196 e. The molecule has 3 N–H and O–H groups in total. The summed E-state index contributed by atoms with van der Waals surface area (Å²) in [7, 11) is 3.89. The first-order valence-corrected chi connectivity index (χ1v) is 9.72. The van der Waals surface area contributed by atoms with Gasteiger partial charge in [-0.05, 0) is 26.2 Å². The summed E-state index contributed by atoms with van der Waals surface area (Å²) < 4.78 is 5.89. The van der Waals surface area contributed by atoms with Gasteiger partial charge in [0.15, 0.2) is 11.6 Å². The molecule has 0 amide bonds. The third-order valence-electron chi connectivity index (χ3n) is 5.05. The molecule has 0 radical (unpaired) electrons. The topological polar surface area (TPSA) is 84.7 Å². The molecule has 1 aliphatic rings. The van der Waals surface area contributed by atoms with Crippen LogP contribution in [0.25, 0.3) is 0 Å². The lowest BCUT2D eigenvalue weighted by Crippen LogP contribution is -2.25. The van der Waals surface area contributed by atoms with Crippen molar-refractivity contribution in [2.24, 2.45) is 0 Å². The number of ketones is 2. The molecule has 3 aromatic rings. The lowest BCUT2D eigenvalue weighted by molar-refractivity contribution is 0.0980. The number of carbonyl (C=O) groups is 2. The van der Waals surface area contributed by atoms with Crippen LogP contribution in [-0.2, 0) is 0 Å². The van der Waals surface area contributed by atoms with E-state index in [9.17, 15) is 9.59 Å². The molecule has 1 aliphatic carbocycles. The Hall–Kier alpha value is -3.64. The van der Waals surface area contributed by atoms with Crippen molar-refractivity contribution in [2.75, 3.05) is 38.3 Å². The third kappa shape index (κ3) is 4.15. The van der Waals surface area contributed by atoms with Gasteiger partial charge in [-0.25, -0.2) is 0 Å². The van der Waals surface area contributed by atoms with E-state index in [2.05, 4.69) is 5.32 Å². The second-order valence-electron chi connectivity index (χ2n) is 7.43. The molecule has 0 saturated carbocycles. The molecule has 3 aromatic carbocycles. The number of ether oxygens (including phenoxy) is 1. The van der Waals surface area contributed by atoms with Crippen molar-refractivity contribution < 1.29 is 14.3 Å². The van der Waals surface area contributed by atoms with Crippen LogP contribution in [0.1, 0.15) is 39.3 Å². The van der Waals surface area contributed by atoms with Gasteiger partial charge in [-0.15, -0.1) is 0 Å². The summed E-state index contributed by atoms with van der Waals surface area (Å²) in [6.45, 7) is 1.09. The molecule has 31 heavy (non-hydrogen) atoms. The highest BCUT2D eigenvalue weighted by Crippen LogP contribution is 2.41. The van der Waals surface area contributed by atoms with E-state index in [1.165, 1.54) is 0 Å². The number of anilines is 3. The van der Waals surface area contributed by atoms with Gasteiger partial charge in [0.2, 0.25) is 0 Å². The quantitative estimate of drug-likeness (QED) is 0.453. The molecule has 0 heterocycles. The van der Waals surface area contributed by atoms with Gasteiger partial charge >= 0.3 is 0 Å². The Balaban J connectivity index is 0.00000272. The minimum absolute atomic E-state index is 0. The molecule has 0 aromatic heterocycles. The minimum atomic E-state index is -0.271. The largest absolute Gasteiger partial charge is 0.490 e. The number of nitrogens with two attached hydrogens (primary N) is 1. The Morgan fingerprint density at radius 3 is 2.10 bits per heavy atom. The van der Waals surface area contributed by atoms with Crippen molar-refractivity contribution in [3.63, 3.8) is 0 Å². The maximum absolute atomic E-state index is 13.3. The number of likely N-dealkylation sites (N-methyl/N-ethyl adjacent to an activating group) is 1. The highest BCUT2D eigenvalue weighted by Gasteiger charge is 2.35. The number of nitrogens with zero attached hydrogens (tertiary/aromatic N) is 1. The van der Waals surface area contributed by atoms with Gasteiger partial charge in [0.05, 0.1) is 22.5 Å². The second-order valence-corrected chi connectivity index (χ2v) is 7.43. The lowest BCUT2D eigenvalue weighted by Gasteiger charge is -2.24. The molecule has 0 saturated heterocycles. The summed E-state index contributed by atoms with van der Waals surface area (Å²) in [5, 5.41) is 3.26. The van der Waals surface area contributed by atoms with E-state index >= 15 is 0 Å². The van der Waals surface area contributed by atoms with Crippen molar-refractivity contribution in [2.45, 2.75) is 7.43 Å². The fraction of sp³-hybridized carbons (Fsp3) is 0.200. The van der Waals surface area contributed by atoms with Gasteiger partial charge in [0.1, 0.15) is 12.4 Å². The number of carbonyl (C=O) groups excluding carboxylic acids is 2. The van der Waals surface area contributed by atoms with Crippen LogP contribution in [0.3, 0.4) is 0 Å².